The molecule has 0 aromatic heterocycles. The molecule has 0 aliphatic heterocycles. The first-order chi connectivity index (χ1) is 5.33. The Morgan fingerprint density at radius 1 is 1.36 bits per heavy atom. The van der Waals surface area contributed by atoms with E-state index in [0.29, 0.717) is 0 Å². The van der Waals surface area contributed by atoms with Crippen molar-refractivity contribution in [3.05, 3.63) is 0 Å². The van der Waals surface area contributed by atoms with Gasteiger partial charge >= 0.3 is 0 Å². The predicted octanol–water partition coefficient (Wildman–Crippen LogP) is 2.56. The molecule has 1 fully saturated rings. The molecule has 0 saturated heterocycles. The zero-order valence-electron chi connectivity index (χ0n) is 7.90. The summed E-state index contributed by atoms with van der Waals surface area (Å²) in [6, 6.07) is 0.892. The summed E-state index contributed by atoms with van der Waals surface area (Å²) in [5.41, 5.74) is 0. The molecule has 1 aliphatic rings. The molecule has 66 valence electrons. The number of hydrogen-bond acceptors (Lipinski definition) is 1. The third-order valence-corrected chi connectivity index (χ3v) is 2.43. The lowest BCUT2D eigenvalue weighted by molar-refractivity contribution is 0.464. The summed E-state index contributed by atoms with van der Waals surface area (Å²) in [5.74, 6) is 0.922. The van der Waals surface area contributed by atoms with Crippen LogP contribution in [0.5, 0.6) is 0 Å². The molecule has 1 unspecified atom stereocenters. The Hall–Kier alpha value is -0.0400. The number of nitrogens with one attached hydrogen (secondary N) is 1. The molecular weight excluding hydrogens is 134 g/mol. The zero-order chi connectivity index (χ0) is 8.10. The molecule has 1 heteroatoms. The van der Waals surface area contributed by atoms with Crippen molar-refractivity contribution in [1.82, 2.24) is 5.32 Å². The molecule has 0 heterocycles. The molecule has 0 spiro atoms. The van der Waals surface area contributed by atoms with Gasteiger partial charge in [-0.3, -0.25) is 0 Å². The van der Waals surface area contributed by atoms with E-state index in [1.54, 1.807) is 0 Å². The first-order valence-electron chi connectivity index (χ1n) is 5.06. The molecule has 0 aromatic carbocycles. The second kappa shape index (κ2) is 4.76. The predicted molar refractivity (Wildman–Crippen MR) is 49.7 cm³/mol. The molecule has 0 amide bonds. The van der Waals surface area contributed by atoms with E-state index in [2.05, 4.69) is 19.2 Å². The molecule has 0 bridgehead atoms. The lowest BCUT2D eigenvalue weighted by Gasteiger charge is -2.09. The Morgan fingerprint density at radius 3 is 2.64 bits per heavy atom. The molecule has 1 aliphatic carbocycles. The molecule has 1 rings (SSSR count). The summed E-state index contributed by atoms with van der Waals surface area (Å²) in [7, 11) is 0. The van der Waals surface area contributed by atoms with E-state index in [1.807, 2.05) is 0 Å². The van der Waals surface area contributed by atoms with Crippen molar-refractivity contribution in [2.75, 3.05) is 6.54 Å². The van der Waals surface area contributed by atoms with Crippen molar-refractivity contribution in [2.24, 2.45) is 5.92 Å². The maximum absolute atomic E-state index is 3.55. The average Bonchev–Trinajstić information content (AvgIpc) is 2.72. The van der Waals surface area contributed by atoms with Gasteiger partial charge in [0.25, 0.3) is 0 Å². The van der Waals surface area contributed by atoms with Gasteiger partial charge in [0.1, 0.15) is 0 Å². The van der Waals surface area contributed by atoms with Gasteiger partial charge in [-0.05, 0) is 31.7 Å². The van der Waals surface area contributed by atoms with Gasteiger partial charge in [-0.25, -0.2) is 0 Å². The van der Waals surface area contributed by atoms with Gasteiger partial charge in [0, 0.05) is 6.04 Å². The Bertz CT molecular complexity index is 97.0. The second-order valence-electron chi connectivity index (χ2n) is 3.91. The lowest BCUT2D eigenvalue weighted by Crippen LogP contribution is -2.19. The summed E-state index contributed by atoms with van der Waals surface area (Å²) in [5, 5.41) is 3.55. The van der Waals surface area contributed by atoms with Crippen LogP contribution in [0.3, 0.4) is 0 Å². The fourth-order valence-corrected chi connectivity index (χ4v) is 1.46. The average molecular weight is 155 g/mol. The van der Waals surface area contributed by atoms with Crippen LogP contribution < -0.4 is 5.32 Å². The molecule has 0 aromatic rings. The molecular formula is C10H21N. The van der Waals surface area contributed by atoms with Gasteiger partial charge in [-0.2, -0.15) is 0 Å². The van der Waals surface area contributed by atoms with Crippen molar-refractivity contribution >= 4 is 0 Å². The van der Waals surface area contributed by atoms with Crippen molar-refractivity contribution in [2.45, 2.75) is 52.0 Å². The van der Waals surface area contributed by atoms with Gasteiger partial charge in [-0.15, -0.1) is 0 Å². The Balaban J connectivity index is 1.84. The summed E-state index contributed by atoms with van der Waals surface area (Å²) in [6.45, 7) is 5.87. The maximum atomic E-state index is 3.55. The highest BCUT2D eigenvalue weighted by molar-refractivity contribution is 4.80. The van der Waals surface area contributed by atoms with Crippen molar-refractivity contribution < 1.29 is 0 Å². The van der Waals surface area contributed by atoms with Crippen LogP contribution in [0.2, 0.25) is 0 Å². The highest BCUT2D eigenvalue weighted by Gasteiger charge is 2.19. The Labute approximate surface area is 70.6 Å². The van der Waals surface area contributed by atoms with E-state index in [0.717, 1.165) is 12.0 Å². The van der Waals surface area contributed by atoms with Crippen LogP contribution in [-0.4, -0.2) is 12.6 Å². The van der Waals surface area contributed by atoms with Crippen LogP contribution >= 0.6 is 0 Å². The van der Waals surface area contributed by atoms with Crippen LogP contribution in [0, 0.1) is 5.92 Å². The van der Waals surface area contributed by atoms with E-state index in [4.69, 9.17) is 0 Å². The van der Waals surface area contributed by atoms with Gasteiger partial charge in [-0.1, -0.05) is 26.7 Å². The highest BCUT2D eigenvalue weighted by atomic mass is 14.9. The van der Waals surface area contributed by atoms with Crippen molar-refractivity contribution in [3.63, 3.8) is 0 Å². The third-order valence-electron chi connectivity index (χ3n) is 2.43. The van der Waals surface area contributed by atoms with Crippen molar-refractivity contribution in [3.8, 4) is 0 Å². The smallest absolute Gasteiger partial charge is 0.00682 e. The normalized spacial score (nSPS) is 20.2. The fourth-order valence-electron chi connectivity index (χ4n) is 1.46. The molecule has 0 radical (unpaired) electrons. The molecule has 1 N–H and O–H groups in total. The van der Waals surface area contributed by atoms with E-state index in [1.165, 1.54) is 38.6 Å². The summed E-state index contributed by atoms with van der Waals surface area (Å²) < 4.78 is 0. The maximum Gasteiger partial charge on any atom is 0.00682 e. The van der Waals surface area contributed by atoms with E-state index >= 15 is 0 Å². The highest BCUT2D eigenvalue weighted by Crippen LogP contribution is 2.19. The minimum absolute atomic E-state index is 0.892. The largest absolute Gasteiger partial charge is 0.314 e. The SMILES string of the molecule is CCCC(C)CCNC1CC1. The standard InChI is InChI=1S/C10H21N/c1-3-4-9(2)7-8-11-10-5-6-10/h9-11H,3-8H2,1-2H3. The molecule has 1 saturated carbocycles. The summed E-state index contributed by atoms with van der Waals surface area (Å²) in [6.07, 6.45) is 6.94. The van der Waals surface area contributed by atoms with E-state index in [9.17, 15) is 0 Å². The van der Waals surface area contributed by atoms with Crippen molar-refractivity contribution in [1.29, 1.82) is 0 Å². The first kappa shape index (κ1) is 9.05. The summed E-state index contributed by atoms with van der Waals surface area (Å²) >= 11 is 0. The lowest BCUT2D eigenvalue weighted by atomic mass is 10.0. The van der Waals surface area contributed by atoms with Crippen LogP contribution in [0.15, 0.2) is 0 Å². The van der Waals surface area contributed by atoms with Gasteiger partial charge in [0.2, 0.25) is 0 Å². The van der Waals surface area contributed by atoms with Gasteiger partial charge < -0.3 is 5.32 Å². The van der Waals surface area contributed by atoms with E-state index < -0.39 is 0 Å². The van der Waals surface area contributed by atoms with Crippen LogP contribution in [-0.2, 0) is 0 Å². The van der Waals surface area contributed by atoms with Gasteiger partial charge in [0.15, 0.2) is 0 Å². The van der Waals surface area contributed by atoms with E-state index in [-0.39, 0.29) is 0 Å². The minimum Gasteiger partial charge on any atom is -0.314 e. The number of rotatable bonds is 6. The quantitative estimate of drug-likeness (QED) is 0.621. The molecule has 1 nitrogen and oxygen atoms in total. The summed E-state index contributed by atoms with van der Waals surface area (Å²) in [4.78, 5) is 0. The topological polar surface area (TPSA) is 12.0 Å². The Kier molecular flexibility index (Phi) is 3.92. The first-order valence-corrected chi connectivity index (χ1v) is 5.06. The van der Waals surface area contributed by atoms with Gasteiger partial charge in [0.05, 0.1) is 0 Å². The number of hydrogen-bond donors (Lipinski definition) is 1. The third kappa shape index (κ3) is 4.41. The van der Waals surface area contributed by atoms with Crippen LogP contribution in [0.4, 0.5) is 0 Å². The molecule has 11 heavy (non-hydrogen) atoms. The van der Waals surface area contributed by atoms with Crippen LogP contribution in [0.1, 0.15) is 46.0 Å². The van der Waals surface area contributed by atoms with Crippen LogP contribution in [0.25, 0.3) is 0 Å². The minimum atomic E-state index is 0.892. The monoisotopic (exact) mass is 155 g/mol. The fraction of sp³-hybridized carbons (Fsp3) is 1.00. The zero-order valence-corrected chi connectivity index (χ0v) is 7.90. The molecule has 1 atom stereocenters. The second-order valence-corrected chi connectivity index (χ2v) is 3.91. The Morgan fingerprint density at radius 2 is 2.09 bits per heavy atom.